The molecule has 6 heteroatoms. The van der Waals surface area contributed by atoms with Crippen molar-refractivity contribution in [1.82, 2.24) is 19.5 Å². The summed E-state index contributed by atoms with van der Waals surface area (Å²) in [6.45, 7) is 6.81. The summed E-state index contributed by atoms with van der Waals surface area (Å²) in [6.07, 6.45) is 11.6. The lowest BCUT2D eigenvalue weighted by molar-refractivity contribution is 0.184. The Labute approximate surface area is 185 Å². The zero-order valence-corrected chi connectivity index (χ0v) is 19.6. The third-order valence-corrected chi connectivity index (χ3v) is 6.61. The molecular formula is C25H36N4O2. The van der Waals surface area contributed by atoms with Crippen molar-refractivity contribution in [3.63, 3.8) is 0 Å². The van der Waals surface area contributed by atoms with Gasteiger partial charge in [-0.3, -0.25) is 0 Å². The lowest BCUT2D eigenvalue weighted by Gasteiger charge is -2.29. The van der Waals surface area contributed by atoms with Gasteiger partial charge in [0.15, 0.2) is 5.65 Å². The highest BCUT2D eigenvalue weighted by atomic mass is 16.5. The number of methoxy groups -OCH3 is 1. The molecule has 168 valence electrons. The Morgan fingerprint density at radius 3 is 2.77 bits per heavy atom. The highest BCUT2D eigenvalue weighted by Gasteiger charge is 2.48. The average Bonchev–Trinajstić information content (AvgIpc) is 3.47. The predicted octanol–water partition coefficient (Wildman–Crippen LogP) is 4.60. The average molecular weight is 425 g/mol. The summed E-state index contributed by atoms with van der Waals surface area (Å²) in [6, 6.07) is 3.92. The maximum atomic E-state index is 5.77. The van der Waals surface area contributed by atoms with Gasteiger partial charge in [-0.15, -0.1) is 5.10 Å². The molecule has 0 aromatic carbocycles. The van der Waals surface area contributed by atoms with Crippen LogP contribution in [0.25, 0.3) is 11.2 Å². The Kier molecular flexibility index (Phi) is 6.49. The van der Waals surface area contributed by atoms with E-state index < -0.39 is 0 Å². The van der Waals surface area contributed by atoms with Gasteiger partial charge in [0, 0.05) is 26.3 Å². The third kappa shape index (κ3) is 4.70. The van der Waals surface area contributed by atoms with E-state index in [1.54, 1.807) is 7.11 Å². The van der Waals surface area contributed by atoms with Crippen molar-refractivity contribution >= 4 is 11.2 Å². The molecule has 3 atom stereocenters. The highest BCUT2D eigenvalue weighted by Crippen LogP contribution is 2.56. The van der Waals surface area contributed by atoms with E-state index in [9.17, 15) is 0 Å². The fraction of sp³-hybridized carbons (Fsp3) is 0.600. The summed E-state index contributed by atoms with van der Waals surface area (Å²) in [5, 5.41) is 4.73. The van der Waals surface area contributed by atoms with Gasteiger partial charge in [0.1, 0.15) is 0 Å². The Bertz CT molecular complexity index is 977. The van der Waals surface area contributed by atoms with Crippen LogP contribution in [-0.4, -0.2) is 53.9 Å². The molecule has 0 saturated heterocycles. The topological polar surface area (TPSA) is 51.9 Å². The SMILES string of the molecule is CCCOc1ccc2nc(C3=CCC(C)(C4CC4CCOC)C=C3)c(CN(C)C)n2n1. The Hall–Kier alpha value is -2.18. The van der Waals surface area contributed by atoms with Gasteiger partial charge >= 0.3 is 0 Å². The van der Waals surface area contributed by atoms with Crippen molar-refractivity contribution in [2.75, 3.05) is 34.4 Å². The molecule has 2 aliphatic carbocycles. The van der Waals surface area contributed by atoms with E-state index in [0.29, 0.717) is 12.5 Å². The van der Waals surface area contributed by atoms with Crippen molar-refractivity contribution in [3.05, 3.63) is 41.7 Å². The van der Waals surface area contributed by atoms with Gasteiger partial charge in [-0.1, -0.05) is 32.1 Å². The molecule has 4 rings (SSSR count). The second kappa shape index (κ2) is 9.13. The molecule has 2 heterocycles. The number of hydrogen-bond acceptors (Lipinski definition) is 5. The summed E-state index contributed by atoms with van der Waals surface area (Å²) < 4.78 is 13.0. The molecule has 3 unspecified atom stereocenters. The fourth-order valence-electron chi connectivity index (χ4n) is 4.76. The first kappa shape index (κ1) is 22.0. The van der Waals surface area contributed by atoms with Crippen LogP contribution >= 0.6 is 0 Å². The third-order valence-electron chi connectivity index (χ3n) is 6.61. The monoisotopic (exact) mass is 424 g/mol. The van der Waals surface area contributed by atoms with Crippen LogP contribution in [0.1, 0.15) is 50.9 Å². The minimum atomic E-state index is 0.238. The number of aromatic nitrogens is 3. The number of imidazole rings is 1. The largest absolute Gasteiger partial charge is 0.477 e. The Balaban J connectivity index is 1.59. The predicted molar refractivity (Wildman–Crippen MR) is 124 cm³/mol. The number of ether oxygens (including phenoxy) is 2. The van der Waals surface area contributed by atoms with Crippen LogP contribution < -0.4 is 4.74 Å². The number of nitrogens with zero attached hydrogens (tertiary/aromatic N) is 4. The van der Waals surface area contributed by atoms with E-state index in [-0.39, 0.29) is 5.41 Å². The molecule has 0 N–H and O–H groups in total. The number of allylic oxidation sites excluding steroid dienone is 4. The van der Waals surface area contributed by atoms with Crippen LogP contribution in [0.3, 0.4) is 0 Å². The van der Waals surface area contributed by atoms with Crippen molar-refractivity contribution in [3.8, 4) is 5.88 Å². The van der Waals surface area contributed by atoms with Gasteiger partial charge in [-0.2, -0.15) is 0 Å². The van der Waals surface area contributed by atoms with Gasteiger partial charge in [-0.25, -0.2) is 9.50 Å². The van der Waals surface area contributed by atoms with Crippen LogP contribution in [0, 0.1) is 17.3 Å². The molecule has 1 saturated carbocycles. The van der Waals surface area contributed by atoms with E-state index in [2.05, 4.69) is 51.1 Å². The first-order chi connectivity index (χ1) is 14.9. The van der Waals surface area contributed by atoms with Crippen LogP contribution in [0.15, 0.2) is 30.4 Å². The van der Waals surface area contributed by atoms with Crippen molar-refractivity contribution in [1.29, 1.82) is 0 Å². The molecule has 0 bridgehead atoms. The van der Waals surface area contributed by atoms with Crippen molar-refractivity contribution in [2.24, 2.45) is 17.3 Å². The normalized spacial score (nSPS) is 25.3. The highest BCUT2D eigenvalue weighted by molar-refractivity contribution is 5.76. The van der Waals surface area contributed by atoms with Gasteiger partial charge < -0.3 is 14.4 Å². The first-order valence-corrected chi connectivity index (χ1v) is 11.5. The maximum Gasteiger partial charge on any atom is 0.231 e. The molecule has 2 aliphatic rings. The fourth-order valence-corrected chi connectivity index (χ4v) is 4.76. The summed E-state index contributed by atoms with van der Waals surface area (Å²) in [7, 11) is 5.95. The summed E-state index contributed by atoms with van der Waals surface area (Å²) >= 11 is 0. The first-order valence-electron chi connectivity index (χ1n) is 11.5. The molecule has 0 aliphatic heterocycles. The molecule has 1 fully saturated rings. The molecule has 2 aromatic rings. The molecule has 2 aromatic heterocycles. The number of fused-ring (bicyclic) bond motifs is 1. The molecular weight excluding hydrogens is 388 g/mol. The lowest BCUT2D eigenvalue weighted by Crippen LogP contribution is -2.19. The zero-order valence-electron chi connectivity index (χ0n) is 19.6. The van der Waals surface area contributed by atoms with E-state index in [1.807, 2.05) is 16.6 Å². The second-order valence-corrected chi connectivity index (χ2v) is 9.52. The van der Waals surface area contributed by atoms with Gasteiger partial charge in [0.05, 0.1) is 18.0 Å². The van der Waals surface area contributed by atoms with Crippen molar-refractivity contribution in [2.45, 2.75) is 46.1 Å². The van der Waals surface area contributed by atoms with Crippen molar-refractivity contribution < 1.29 is 9.47 Å². The maximum absolute atomic E-state index is 5.77. The molecule has 0 spiro atoms. The molecule has 6 nitrogen and oxygen atoms in total. The number of rotatable bonds is 10. The molecule has 0 amide bonds. The zero-order chi connectivity index (χ0) is 22.0. The Morgan fingerprint density at radius 1 is 1.26 bits per heavy atom. The van der Waals surface area contributed by atoms with Gasteiger partial charge in [0.25, 0.3) is 0 Å². The van der Waals surface area contributed by atoms with Crippen LogP contribution in [0.5, 0.6) is 5.88 Å². The van der Waals surface area contributed by atoms with E-state index in [1.165, 1.54) is 18.4 Å². The standard InChI is InChI=1S/C25H36N4O2/c1-6-14-31-23-8-7-22-26-24(21(17-28(3)4)29(22)27-23)18-9-12-25(2,13-10-18)20-16-19(20)11-15-30-5/h7-10,12,19-20H,6,11,13-17H2,1-5H3. The quantitative estimate of drug-likeness (QED) is 0.558. The lowest BCUT2D eigenvalue weighted by atomic mass is 9.76. The van der Waals surface area contributed by atoms with Gasteiger partial charge in [0.2, 0.25) is 5.88 Å². The van der Waals surface area contributed by atoms with Crippen LogP contribution in [0.4, 0.5) is 0 Å². The smallest absolute Gasteiger partial charge is 0.231 e. The van der Waals surface area contributed by atoms with E-state index in [4.69, 9.17) is 19.6 Å². The van der Waals surface area contributed by atoms with Gasteiger partial charge in [-0.05, 0) is 68.7 Å². The minimum Gasteiger partial charge on any atom is -0.477 e. The van der Waals surface area contributed by atoms with E-state index in [0.717, 1.165) is 54.9 Å². The van der Waals surface area contributed by atoms with E-state index >= 15 is 0 Å². The summed E-state index contributed by atoms with van der Waals surface area (Å²) in [5.74, 6) is 2.21. The molecule has 31 heavy (non-hydrogen) atoms. The van der Waals surface area contributed by atoms with Crippen LogP contribution in [0.2, 0.25) is 0 Å². The molecule has 0 radical (unpaired) electrons. The summed E-state index contributed by atoms with van der Waals surface area (Å²) in [5.41, 5.74) is 4.43. The number of hydrogen-bond donors (Lipinski definition) is 0. The second-order valence-electron chi connectivity index (χ2n) is 9.52. The summed E-state index contributed by atoms with van der Waals surface area (Å²) in [4.78, 5) is 7.12. The van der Waals surface area contributed by atoms with Crippen LogP contribution in [-0.2, 0) is 11.3 Å². The minimum absolute atomic E-state index is 0.238. The Morgan fingerprint density at radius 2 is 2.10 bits per heavy atom.